The molecular formula is C10H16N2O. The fraction of sp³-hybridized carbons (Fsp3) is 0.700. The Bertz CT molecular complexity index is 244. The van der Waals surface area contributed by atoms with Gasteiger partial charge in [-0.3, -0.25) is 0 Å². The molecule has 1 unspecified atom stereocenters. The van der Waals surface area contributed by atoms with Crippen LogP contribution in [0.3, 0.4) is 0 Å². The quantitative estimate of drug-likeness (QED) is 0.636. The molecule has 72 valence electrons. The van der Waals surface area contributed by atoms with Crippen molar-refractivity contribution in [3.63, 3.8) is 0 Å². The summed E-state index contributed by atoms with van der Waals surface area (Å²) < 4.78 is 0. The van der Waals surface area contributed by atoms with Gasteiger partial charge in [0.25, 0.3) is 0 Å². The molecule has 0 aliphatic carbocycles. The fourth-order valence-corrected chi connectivity index (χ4v) is 1.47. The van der Waals surface area contributed by atoms with E-state index in [4.69, 9.17) is 6.42 Å². The Morgan fingerprint density at radius 3 is 2.92 bits per heavy atom. The van der Waals surface area contributed by atoms with Crippen molar-refractivity contribution in [3.8, 4) is 12.3 Å². The third kappa shape index (κ3) is 1.77. The third-order valence-corrected chi connectivity index (χ3v) is 2.68. The lowest BCUT2D eigenvalue weighted by molar-refractivity contribution is 0.139. The molecule has 1 aliphatic heterocycles. The SMILES string of the molecule is C#CC(C)(CC)N1CCCNC1=O. The third-order valence-electron chi connectivity index (χ3n) is 2.68. The van der Waals surface area contributed by atoms with Crippen molar-refractivity contribution in [1.29, 1.82) is 0 Å². The van der Waals surface area contributed by atoms with Crippen molar-refractivity contribution in [1.82, 2.24) is 10.2 Å². The predicted molar refractivity (Wildman–Crippen MR) is 52.3 cm³/mol. The largest absolute Gasteiger partial charge is 0.338 e. The van der Waals surface area contributed by atoms with Crippen LogP contribution in [0.4, 0.5) is 4.79 Å². The Hall–Kier alpha value is -1.17. The minimum Gasteiger partial charge on any atom is -0.338 e. The average molecular weight is 180 g/mol. The number of carbonyl (C=O) groups is 1. The molecule has 1 atom stereocenters. The van der Waals surface area contributed by atoms with Crippen LogP contribution in [0.5, 0.6) is 0 Å². The number of nitrogens with one attached hydrogen (secondary N) is 1. The summed E-state index contributed by atoms with van der Waals surface area (Å²) >= 11 is 0. The maximum absolute atomic E-state index is 11.5. The maximum Gasteiger partial charge on any atom is 0.318 e. The van der Waals surface area contributed by atoms with Gasteiger partial charge >= 0.3 is 6.03 Å². The molecule has 1 heterocycles. The number of nitrogens with zero attached hydrogens (tertiary/aromatic N) is 1. The van der Waals surface area contributed by atoms with Crippen LogP contribution in [0.25, 0.3) is 0 Å². The summed E-state index contributed by atoms with van der Waals surface area (Å²) in [6.45, 7) is 5.46. The summed E-state index contributed by atoms with van der Waals surface area (Å²) in [4.78, 5) is 13.2. The van der Waals surface area contributed by atoms with Crippen LogP contribution in [0.15, 0.2) is 0 Å². The number of hydrogen-bond acceptors (Lipinski definition) is 1. The Morgan fingerprint density at radius 2 is 2.46 bits per heavy atom. The Labute approximate surface area is 79.5 Å². The van der Waals surface area contributed by atoms with Gasteiger partial charge in [0.15, 0.2) is 0 Å². The lowest BCUT2D eigenvalue weighted by Crippen LogP contribution is -2.56. The normalized spacial score (nSPS) is 21.6. The van der Waals surface area contributed by atoms with Crippen molar-refractivity contribution in [3.05, 3.63) is 0 Å². The van der Waals surface area contributed by atoms with Crippen LogP contribution in [0.2, 0.25) is 0 Å². The zero-order chi connectivity index (χ0) is 9.90. The predicted octanol–water partition coefficient (Wildman–Crippen LogP) is 1.20. The minimum atomic E-state index is -0.426. The zero-order valence-electron chi connectivity index (χ0n) is 8.26. The number of rotatable bonds is 2. The van der Waals surface area contributed by atoms with Crippen molar-refractivity contribution >= 4 is 6.03 Å². The van der Waals surface area contributed by atoms with E-state index in [1.165, 1.54) is 0 Å². The van der Waals surface area contributed by atoms with E-state index in [-0.39, 0.29) is 6.03 Å². The molecule has 1 saturated heterocycles. The van der Waals surface area contributed by atoms with Gasteiger partial charge in [-0.15, -0.1) is 6.42 Å². The van der Waals surface area contributed by atoms with Gasteiger partial charge in [-0.25, -0.2) is 4.79 Å². The topological polar surface area (TPSA) is 32.3 Å². The molecule has 0 bridgehead atoms. The second kappa shape index (κ2) is 3.69. The van der Waals surface area contributed by atoms with Gasteiger partial charge in [0.1, 0.15) is 5.54 Å². The van der Waals surface area contributed by atoms with Crippen LogP contribution >= 0.6 is 0 Å². The number of amides is 2. The minimum absolute atomic E-state index is 0.0337. The second-order valence-electron chi connectivity index (χ2n) is 3.51. The fourth-order valence-electron chi connectivity index (χ4n) is 1.47. The Morgan fingerprint density at radius 1 is 1.77 bits per heavy atom. The highest BCUT2D eigenvalue weighted by atomic mass is 16.2. The van der Waals surface area contributed by atoms with Crippen LogP contribution in [-0.2, 0) is 0 Å². The smallest absolute Gasteiger partial charge is 0.318 e. The first kappa shape index (κ1) is 9.91. The first-order chi connectivity index (χ1) is 6.14. The average Bonchev–Trinajstić information content (AvgIpc) is 2.17. The van der Waals surface area contributed by atoms with Crippen LogP contribution in [-0.4, -0.2) is 29.6 Å². The molecule has 0 saturated carbocycles. The molecule has 1 rings (SSSR count). The Kier molecular flexibility index (Phi) is 2.82. The molecule has 3 heteroatoms. The van der Waals surface area contributed by atoms with Crippen LogP contribution in [0, 0.1) is 12.3 Å². The molecule has 1 N–H and O–H groups in total. The maximum atomic E-state index is 11.5. The summed E-state index contributed by atoms with van der Waals surface area (Å²) in [5.74, 6) is 2.69. The molecule has 0 aromatic heterocycles. The first-order valence-corrected chi connectivity index (χ1v) is 4.67. The lowest BCUT2D eigenvalue weighted by Gasteiger charge is -2.39. The highest BCUT2D eigenvalue weighted by molar-refractivity contribution is 5.76. The molecule has 2 amide bonds. The number of carbonyl (C=O) groups excluding carboxylic acids is 1. The monoisotopic (exact) mass is 180 g/mol. The van der Waals surface area contributed by atoms with E-state index in [9.17, 15) is 4.79 Å². The molecule has 0 spiro atoms. The van der Waals surface area contributed by atoms with Gasteiger partial charge in [0.05, 0.1) is 0 Å². The highest BCUT2D eigenvalue weighted by Crippen LogP contribution is 2.20. The van der Waals surface area contributed by atoms with Gasteiger partial charge in [-0.05, 0) is 19.8 Å². The van der Waals surface area contributed by atoms with E-state index < -0.39 is 5.54 Å². The Balaban J connectivity index is 2.79. The van der Waals surface area contributed by atoms with Gasteiger partial charge in [-0.1, -0.05) is 12.8 Å². The molecule has 0 aromatic rings. The summed E-state index contributed by atoms with van der Waals surface area (Å²) in [7, 11) is 0. The number of hydrogen-bond donors (Lipinski definition) is 1. The van der Waals surface area contributed by atoms with E-state index in [1.54, 1.807) is 4.90 Å². The molecule has 3 nitrogen and oxygen atoms in total. The van der Waals surface area contributed by atoms with Crippen molar-refractivity contribution < 1.29 is 4.79 Å². The van der Waals surface area contributed by atoms with E-state index in [1.807, 2.05) is 13.8 Å². The van der Waals surface area contributed by atoms with Crippen molar-refractivity contribution in [2.75, 3.05) is 13.1 Å². The van der Waals surface area contributed by atoms with Crippen molar-refractivity contribution in [2.24, 2.45) is 0 Å². The van der Waals surface area contributed by atoms with Gasteiger partial charge in [0.2, 0.25) is 0 Å². The molecule has 13 heavy (non-hydrogen) atoms. The van der Waals surface area contributed by atoms with E-state index in [0.29, 0.717) is 0 Å². The number of terminal acetylenes is 1. The summed E-state index contributed by atoms with van der Waals surface area (Å²) in [5, 5.41) is 2.80. The highest BCUT2D eigenvalue weighted by Gasteiger charge is 2.33. The molecule has 0 radical (unpaired) electrons. The molecule has 0 aromatic carbocycles. The molecular weight excluding hydrogens is 164 g/mol. The van der Waals surface area contributed by atoms with E-state index in [0.717, 1.165) is 25.9 Å². The lowest BCUT2D eigenvalue weighted by atomic mass is 9.97. The summed E-state index contributed by atoms with van der Waals surface area (Å²) in [6.07, 6.45) is 7.20. The summed E-state index contributed by atoms with van der Waals surface area (Å²) in [6, 6.07) is -0.0337. The van der Waals surface area contributed by atoms with Gasteiger partial charge < -0.3 is 10.2 Å². The van der Waals surface area contributed by atoms with Crippen LogP contribution in [0.1, 0.15) is 26.7 Å². The van der Waals surface area contributed by atoms with Crippen LogP contribution < -0.4 is 5.32 Å². The molecule has 1 fully saturated rings. The summed E-state index contributed by atoms with van der Waals surface area (Å²) in [5.41, 5.74) is -0.426. The van der Waals surface area contributed by atoms with Gasteiger partial charge in [0, 0.05) is 13.1 Å². The van der Waals surface area contributed by atoms with E-state index >= 15 is 0 Å². The van der Waals surface area contributed by atoms with Crippen molar-refractivity contribution in [2.45, 2.75) is 32.2 Å². The standard InChI is InChI=1S/C10H16N2O/c1-4-10(3,5-2)12-8-6-7-11-9(12)13/h1H,5-8H2,2-3H3,(H,11,13). The number of urea groups is 1. The van der Waals surface area contributed by atoms with E-state index in [2.05, 4.69) is 11.2 Å². The first-order valence-electron chi connectivity index (χ1n) is 4.67. The second-order valence-corrected chi connectivity index (χ2v) is 3.51. The van der Waals surface area contributed by atoms with Gasteiger partial charge in [-0.2, -0.15) is 0 Å². The zero-order valence-corrected chi connectivity index (χ0v) is 8.26. The molecule has 1 aliphatic rings.